The quantitative estimate of drug-likeness (QED) is 0.650. The molecule has 1 aliphatic carbocycles. The van der Waals surface area contributed by atoms with Crippen molar-refractivity contribution in [2.75, 3.05) is 6.61 Å². The summed E-state index contributed by atoms with van der Waals surface area (Å²) in [6.45, 7) is 2.23. The van der Waals surface area contributed by atoms with Crippen LogP contribution in [0.15, 0.2) is 23.8 Å². The van der Waals surface area contributed by atoms with E-state index >= 15 is 0 Å². The molecular formula is C12H16O3. The second-order valence-corrected chi connectivity index (χ2v) is 3.49. The van der Waals surface area contributed by atoms with Gasteiger partial charge in [0.1, 0.15) is 0 Å². The topological polar surface area (TPSA) is 43.4 Å². The van der Waals surface area contributed by atoms with Crippen LogP contribution in [0, 0.1) is 0 Å². The molecule has 0 aliphatic heterocycles. The second kappa shape index (κ2) is 6.17. The molecule has 0 aromatic heterocycles. The third kappa shape index (κ3) is 4.58. The number of ketones is 1. The first-order valence-electron chi connectivity index (χ1n) is 5.27. The molecule has 0 heterocycles. The van der Waals surface area contributed by atoms with E-state index in [0.717, 1.165) is 18.4 Å². The van der Waals surface area contributed by atoms with Crippen molar-refractivity contribution in [3.63, 3.8) is 0 Å². The van der Waals surface area contributed by atoms with E-state index in [1.54, 1.807) is 19.1 Å². The highest BCUT2D eigenvalue weighted by atomic mass is 16.5. The minimum absolute atomic E-state index is 0.142. The van der Waals surface area contributed by atoms with Gasteiger partial charge in [0.25, 0.3) is 0 Å². The molecule has 0 saturated heterocycles. The van der Waals surface area contributed by atoms with Crippen LogP contribution in [0.25, 0.3) is 0 Å². The van der Waals surface area contributed by atoms with Gasteiger partial charge in [0, 0.05) is 12.8 Å². The van der Waals surface area contributed by atoms with E-state index in [4.69, 9.17) is 4.74 Å². The van der Waals surface area contributed by atoms with E-state index in [-0.39, 0.29) is 11.8 Å². The number of ether oxygens (including phenoxy) is 1. The lowest BCUT2D eigenvalue weighted by Gasteiger charge is -2.07. The average Bonchev–Trinajstić information content (AvgIpc) is 2.18. The Balaban J connectivity index is 2.20. The van der Waals surface area contributed by atoms with Gasteiger partial charge in [-0.1, -0.05) is 17.7 Å². The van der Waals surface area contributed by atoms with Crippen molar-refractivity contribution in [1.82, 2.24) is 0 Å². The van der Waals surface area contributed by atoms with Gasteiger partial charge < -0.3 is 4.74 Å². The van der Waals surface area contributed by atoms with Crippen LogP contribution in [-0.4, -0.2) is 18.4 Å². The molecule has 0 aromatic carbocycles. The Bertz CT molecular complexity index is 300. The Morgan fingerprint density at radius 3 is 3.00 bits per heavy atom. The van der Waals surface area contributed by atoms with Crippen LogP contribution >= 0.6 is 0 Å². The summed E-state index contributed by atoms with van der Waals surface area (Å²) in [6.07, 6.45) is 7.79. The minimum atomic E-state index is -0.157. The molecule has 0 bridgehead atoms. The number of hydrogen-bond acceptors (Lipinski definition) is 3. The monoisotopic (exact) mass is 208 g/mol. The van der Waals surface area contributed by atoms with Gasteiger partial charge in [0.05, 0.1) is 6.61 Å². The molecule has 0 spiro atoms. The van der Waals surface area contributed by atoms with E-state index < -0.39 is 0 Å². The molecule has 15 heavy (non-hydrogen) atoms. The Labute approximate surface area is 89.8 Å². The maximum atomic E-state index is 11.1. The zero-order chi connectivity index (χ0) is 11.1. The molecule has 0 unspecified atom stereocenters. The molecule has 0 fully saturated rings. The maximum Gasteiger partial charge on any atom is 0.305 e. The average molecular weight is 208 g/mol. The van der Waals surface area contributed by atoms with E-state index in [1.165, 1.54) is 0 Å². The molecule has 3 nitrogen and oxygen atoms in total. The predicted octanol–water partition coefficient (Wildman–Crippen LogP) is 2.18. The first-order chi connectivity index (χ1) is 7.22. The van der Waals surface area contributed by atoms with Gasteiger partial charge in [-0.05, 0) is 25.8 Å². The summed E-state index contributed by atoms with van der Waals surface area (Å²) in [5.74, 6) is -0.0144. The fourth-order valence-corrected chi connectivity index (χ4v) is 1.50. The molecule has 0 saturated carbocycles. The van der Waals surface area contributed by atoms with Crippen molar-refractivity contribution in [3.8, 4) is 0 Å². The van der Waals surface area contributed by atoms with Crippen LogP contribution in [0.3, 0.4) is 0 Å². The molecule has 0 radical (unpaired) electrons. The first-order valence-corrected chi connectivity index (χ1v) is 5.27. The number of carbonyl (C=O) groups is 2. The standard InChI is InChI=1S/C12H16O3/c1-2-15-12(14)8-4-6-10-5-3-7-11(13)9-10/h3,5,7H,2,4,6,8-9H2,1H3. The van der Waals surface area contributed by atoms with Gasteiger partial charge in [-0.3, -0.25) is 9.59 Å². The highest BCUT2D eigenvalue weighted by Crippen LogP contribution is 2.16. The minimum Gasteiger partial charge on any atom is -0.466 e. The normalized spacial score (nSPS) is 15.0. The van der Waals surface area contributed by atoms with Crippen LogP contribution in [0.4, 0.5) is 0 Å². The zero-order valence-corrected chi connectivity index (χ0v) is 8.99. The molecule has 1 aliphatic rings. The number of carbonyl (C=O) groups excluding carboxylic acids is 2. The van der Waals surface area contributed by atoms with Gasteiger partial charge in [0.2, 0.25) is 0 Å². The molecular weight excluding hydrogens is 192 g/mol. The van der Waals surface area contributed by atoms with Gasteiger partial charge in [-0.15, -0.1) is 0 Å². The summed E-state index contributed by atoms with van der Waals surface area (Å²) in [6, 6.07) is 0. The lowest BCUT2D eigenvalue weighted by molar-refractivity contribution is -0.143. The Morgan fingerprint density at radius 2 is 2.33 bits per heavy atom. The molecule has 1 rings (SSSR count). The fourth-order valence-electron chi connectivity index (χ4n) is 1.50. The molecule has 0 aromatic rings. The summed E-state index contributed by atoms with van der Waals surface area (Å²) in [5, 5.41) is 0. The lowest BCUT2D eigenvalue weighted by atomic mass is 9.99. The zero-order valence-electron chi connectivity index (χ0n) is 8.99. The summed E-state index contributed by atoms with van der Waals surface area (Å²) in [4.78, 5) is 22.1. The fraction of sp³-hybridized carbons (Fsp3) is 0.500. The molecule has 82 valence electrons. The van der Waals surface area contributed by atoms with E-state index in [9.17, 15) is 9.59 Å². The van der Waals surface area contributed by atoms with Crippen molar-refractivity contribution >= 4 is 11.8 Å². The van der Waals surface area contributed by atoms with Crippen molar-refractivity contribution in [3.05, 3.63) is 23.8 Å². The summed E-state index contributed by atoms with van der Waals surface area (Å²) < 4.78 is 4.81. The van der Waals surface area contributed by atoms with Crippen LogP contribution < -0.4 is 0 Å². The van der Waals surface area contributed by atoms with Crippen molar-refractivity contribution in [2.45, 2.75) is 32.6 Å². The Kier molecular flexibility index (Phi) is 4.81. The van der Waals surface area contributed by atoms with Gasteiger partial charge in [-0.25, -0.2) is 0 Å². The molecule has 3 heteroatoms. The van der Waals surface area contributed by atoms with Gasteiger partial charge in [-0.2, -0.15) is 0 Å². The summed E-state index contributed by atoms with van der Waals surface area (Å²) >= 11 is 0. The van der Waals surface area contributed by atoms with E-state index in [2.05, 4.69) is 0 Å². The number of esters is 1. The third-order valence-electron chi connectivity index (χ3n) is 2.20. The number of hydrogen-bond donors (Lipinski definition) is 0. The van der Waals surface area contributed by atoms with Crippen molar-refractivity contribution in [1.29, 1.82) is 0 Å². The SMILES string of the molecule is CCOC(=O)CCCC1=CC=CC(=O)C1. The first kappa shape index (κ1) is 11.7. The molecule has 0 N–H and O–H groups in total. The van der Waals surface area contributed by atoms with Crippen LogP contribution in [-0.2, 0) is 14.3 Å². The maximum absolute atomic E-state index is 11.1. The smallest absolute Gasteiger partial charge is 0.305 e. The second-order valence-electron chi connectivity index (χ2n) is 3.49. The van der Waals surface area contributed by atoms with Crippen molar-refractivity contribution in [2.24, 2.45) is 0 Å². The van der Waals surface area contributed by atoms with Crippen LogP contribution in [0.5, 0.6) is 0 Å². The predicted molar refractivity (Wildman–Crippen MR) is 57.3 cm³/mol. The van der Waals surface area contributed by atoms with E-state index in [1.807, 2.05) is 6.08 Å². The Morgan fingerprint density at radius 1 is 1.53 bits per heavy atom. The lowest BCUT2D eigenvalue weighted by Crippen LogP contribution is -2.04. The third-order valence-corrected chi connectivity index (χ3v) is 2.20. The largest absolute Gasteiger partial charge is 0.466 e. The van der Waals surface area contributed by atoms with Gasteiger partial charge in [0.15, 0.2) is 5.78 Å². The van der Waals surface area contributed by atoms with Crippen LogP contribution in [0.1, 0.15) is 32.6 Å². The Hall–Kier alpha value is -1.38. The van der Waals surface area contributed by atoms with Crippen LogP contribution in [0.2, 0.25) is 0 Å². The van der Waals surface area contributed by atoms with E-state index in [0.29, 0.717) is 19.4 Å². The highest BCUT2D eigenvalue weighted by molar-refractivity contribution is 5.92. The summed E-state index contributed by atoms with van der Waals surface area (Å²) in [7, 11) is 0. The van der Waals surface area contributed by atoms with Crippen molar-refractivity contribution < 1.29 is 14.3 Å². The molecule has 0 amide bonds. The number of rotatable bonds is 5. The number of allylic oxidation sites excluding steroid dienone is 4. The van der Waals surface area contributed by atoms with Gasteiger partial charge >= 0.3 is 5.97 Å². The summed E-state index contributed by atoms with van der Waals surface area (Å²) in [5.41, 5.74) is 1.10. The highest BCUT2D eigenvalue weighted by Gasteiger charge is 2.08. The molecule has 0 atom stereocenters.